The molecule has 1 N–H and O–H groups in total. The molecule has 1 unspecified atom stereocenters. The Morgan fingerprint density at radius 2 is 1.60 bits per heavy atom. The number of benzene rings is 3. The van der Waals surface area contributed by atoms with E-state index in [1.54, 1.807) is 60.5 Å². The summed E-state index contributed by atoms with van der Waals surface area (Å²) >= 11 is 0. The Labute approximate surface area is 244 Å². The molecule has 0 saturated carbocycles. The number of anilines is 1. The number of nitrogens with zero attached hydrogens (tertiary/aromatic N) is 3. The Balaban J connectivity index is 1.49. The number of amides is 2. The van der Waals surface area contributed by atoms with Crippen molar-refractivity contribution in [3.05, 3.63) is 82.9 Å². The second kappa shape index (κ2) is 12.4. The molecule has 0 radical (unpaired) electrons. The van der Waals surface area contributed by atoms with Gasteiger partial charge in [-0.25, -0.2) is 4.79 Å². The summed E-state index contributed by atoms with van der Waals surface area (Å²) in [6, 6.07) is 17.5. The van der Waals surface area contributed by atoms with E-state index in [0.717, 1.165) is 13.0 Å². The van der Waals surface area contributed by atoms with Crippen molar-refractivity contribution >= 4 is 34.9 Å². The molecule has 0 aromatic heterocycles. The van der Waals surface area contributed by atoms with Gasteiger partial charge < -0.3 is 29.3 Å². The molecule has 0 spiro atoms. The molecule has 3 aromatic rings. The molecule has 2 amide bonds. The molecule has 10 heteroatoms. The molecule has 42 heavy (non-hydrogen) atoms. The number of hydrogen-bond donors (Lipinski definition) is 1. The van der Waals surface area contributed by atoms with Crippen LogP contribution < -0.4 is 14.8 Å². The average Bonchev–Trinajstić information content (AvgIpc) is 3.33. The van der Waals surface area contributed by atoms with E-state index in [2.05, 4.69) is 10.2 Å². The van der Waals surface area contributed by atoms with Gasteiger partial charge in [-0.2, -0.15) is 0 Å². The number of rotatable bonds is 9. The van der Waals surface area contributed by atoms with E-state index in [-0.39, 0.29) is 11.8 Å². The van der Waals surface area contributed by atoms with Crippen molar-refractivity contribution in [2.24, 2.45) is 4.99 Å². The van der Waals surface area contributed by atoms with Crippen molar-refractivity contribution < 1.29 is 28.6 Å². The summed E-state index contributed by atoms with van der Waals surface area (Å²) < 4.78 is 16.3. The number of carbonyl (C=O) groups is 3. The molecule has 2 heterocycles. The number of ether oxygens (including phenoxy) is 3. The summed E-state index contributed by atoms with van der Waals surface area (Å²) in [5.74, 6) is -0.383. The summed E-state index contributed by atoms with van der Waals surface area (Å²) in [6.07, 6.45) is 0.878. The second-order valence-corrected chi connectivity index (χ2v) is 10.5. The van der Waals surface area contributed by atoms with Gasteiger partial charge in [0.1, 0.15) is 19.1 Å². The van der Waals surface area contributed by atoms with Crippen LogP contribution in [-0.4, -0.2) is 87.9 Å². The van der Waals surface area contributed by atoms with Crippen LogP contribution in [-0.2, 0) is 9.53 Å². The first-order valence-corrected chi connectivity index (χ1v) is 13.8. The van der Waals surface area contributed by atoms with Crippen molar-refractivity contribution in [1.29, 1.82) is 0 Å². The van der Waals surface area contributed by atoms with Crippen molar-refractivity contribution in [3.63, 3.8) is 0 Å². The molecule has 3 aromatic carbocycles. The highest BCUT2D eigenvalue weighted by Gasteiger charge is 2.36. The highest BCUT2D eigenvalue weighted by Crippen LogP contribution is 2.39. The van der Waals surface area contributed by atoms with Crippen LogP contribution in [0.25, 0.3) is 0 Å². The Hall–Kier alpha value is -4.70. The average molecular weight is 571 g/mol. The number of esters is 1. The summed E-state index contributed by atoms with van der Waals surface area (Å²) in [5, 5.41) is 2.89. The maximum absolute atomic E-state index is 13.4. The molecule has 218 valence electrons. The van der Waals surface area contributed by atoms with Crippen LogP contribution in [0.3, 0.4) is 0 Å². The molecule has 0 fully saturated rings. The highest BCUT2D eigenvalue weighted by molar-refractivity contribution is 6.24. The summed E-state index contributed by atoms with van der Waals surface area (Å²) in [4.78, 5) is 47.2. The topological polar surface area (TPSA) is 110 Å². The Kier molecular flexibility index (Phi) is 8.53. The summed E-state index contributed by atoms with van der Waals surface area (Å²) in [7, 11) is 7.12. The van der Waals surface area contributed by atoms with Crippen LogP contribution in [0.1, 0.15) is 44.2 Å². The third kappa shape index (κ3) is 6.13. The minimum Gasteiger partial charge on any atom is -0.486 e. The highest BCUT2D eigenvalue weighted by atomic mass is 16.6. The Morgan fingerprint density at radius 3 is 2.31 bits per heavy atom. The summed E-state index contributed by atoms with van der Waals surface area (Å²) in [6.45, 7) is 2.43. The van der Waals surface area contributed by atoms with Crippen LogP contribution >= 0.6 is 0 Å². The molecule has 5 rings (SSSR count). The van der Waals surface area contributed by atoms with Gasteiger partial charge in [-0.15, -0.1) is 0 Å². The minimum atomic E-state index is -0.751. The number of nitrogens with one attached hydrogen (secondary N) is 1. The quantitative estimate of drug-likeness (QED) is 0.304. The molecular weight excluding hydrogens is 536 g/mol. The Morgan fingerprint density at radius 1 is 0.905 bits per heavy atom. The maximum Gasteiger partial charge on any atom is 0.337 e. The van der Waals surface area contributed by atoms with Gasteiger partial charge in [0.05, 0.1) is 24.1 Å². The van der Waals surface area contributed by atoms with Gasteiger partial charge in [-0.05, 0) is 87.2 Å². The van der Waals surface area contributed by atoms with Gasteiger partial charge in [0, 0.05) is 30.4 Å². The predicted octanol–water partition coefficient (Wildman–Crippen LogP) is 4.12. The zero-order valence-corrected chi connectivity index (χ0v) is 24.2. The van der Waals surface area contributed by atoms with Crippen LogP contribution in [0.2, 0.25) is 0 Å². The van der Waals surface area contributed by atoms with Crippen molar-refractivity contribution in [2.45, 2.75) is 12.3 Å². The van der Waals surface area contributed by atoms with Crippen molar-refractivity contribution in [3.8, 4) is 11.5 Å². The van der Waals surface area contributed by atoms with E-state index in [9.17, 15) is 14.4 Å². The van der Waals surface area contributed by atoms with Gasteiger partial charge in [0.15, 0.2) is 11.5 Å². The fourth-order valence-corrected chi connectivity index (χ4v) is 5.04. The normalized spacial score (nSPS) is 15.7. The lowest BCUT2D eigenvalue weighted by molar-refractivity contribution is -0.115. The molecule has 2 aliphatic heterocycles. The van der Waals surface area contributed by atoms with E-state index >= 15 is 0 Å². The molecule has 0 saturated heterocycles. The van der Waals surface area contributed by atoms with Crippen molar-refractivity contribution in [1.82, 2.24) is 9.80 Å². The third-order valence-corrected chi connectivity index (χ3v) is 7.23. The first-order valence-electron chi connectivity index (χ1n) is 13.8. The maximum atomic E-state index is 13.4. The molecule has 2 aliphatic rings. The zero-order chi connectivity index (χ0) is 29.8. The lowest BCUT2D eigenvalue weighted by Gasteiger charge is -2.20. The zero-order valence-electron chi connectivity index (χ0n) is 24.2. The first-order chi connectivity index (χ1) is 20.2. The minimum absolute atomic E-state index is 0.0677. The number of methoxy groups -OCH3 is 1. The lowest BCUT2D eigenvalue weighted by atomic mass is 9.90. The number of aliphatic imine (C=N–C) groups is 1. The standard InChI is InChI=1S/C32H34N4O6/c1-35(2)14-5-15-36(3)31(38)20-6-10-23(11-7-20)33-29(21-9-13-26-27(19-21)42-17-16-41-26)28-24-12-8-22(32(39)40-4)18-25(24)34-30(28)37/h6-13,18-19,28H,5,14-17H2,1-4H3,(H,34,37). The number of hydrogen-bond acceptors (Lipinski definition) is 8. The molecule has 0 aliphatic carbocycles. The smallest absolute Gasteiger partial charge is 0.337 e. The van der Waals surface area contributed by atoms with E-state index < -0.39 is 11.9 Å². The van der Waals surface area contributed by atoms with Gasteiger partial charge >= 0.3 is 5.97 Å². The first kappa shape index (κ1) is 28.8. The van der Waals surface area contributed by atoms with Crippen LogP contribution in [0.5, 0.6) is 11.5 Å². The van der Waals surface area contributed by atoms with Gasteiger partial charge in [0.25, 0.3) is 5.91 Å². The van der Waals surface area contributed by atoms with E-state index in [4.69, 9.17) is 19.2 Å². The number of fused-ring (bicyclic) bond motifs is 2. The SMILES string of the molecule is COC(=O)c1ccc2c(c1)NC(=O)C2C(=Nc1ccc(C(=O)N(C)CCCN(C)C)cc1)c1ccc2c(c1)OCCO2. The molecule has 0 bridgehead atoms. The second-order valence-electron chi connectivity index (χ2n) is 10.5. The predicted molar refractivity (Wildman–Crippen MR) is 159 cm³/mol. The van der Waals surface area contributed by atoms with Gasteiger partial charge in [-0.3, -0.25) is 14.6 Å². The monoisotopic (exact) mass is 570 g/mol. The van der Waals surface area contributed by atoms with E-state index in [1.165, 1.54) is 7.11 Å². The Bertz CT molecular complexity index is 1530. The van der Waals surface area contributed by atoms with Crippen LogP contribution in [0, 0.1) is 0 Å². The fraction of sp³-hybridized carbons (Fsp3) is 0.312. The summed E-state index contributed by atoms with van der Waals surface area (Å²) in [5.41, 5.74) is 3.87. The van der Waals surface area contributed by atoms with E-state index in [1.807, 2.05) is 26.2 Å². The van der Waals surface area contributed by atoms with Gasteiger partial charge in [0.2, 0.25) is 5.91 Å². The van der Waals surface area contributed by atoms with Crippen molar-refractivity contribution in [2.75, 3.05) is 59.9 Å². The number of carbonyl (C=O) groups excluding carboxylic acids is 3. The van der Waals surface area contributed by atoms with Gasteiger partial charge in [-0.1, -0.05) is 6.07 Å². The van der Waals surface area contributed by atoms with Crippen LogP contribution in [0.4, 0.5) is 11.4 Å². The molecular formula is C32H34N4O6. The van der Waals surface area contributed by atoms with E-state index in [0.29, 0.717) is 70.6 Å². The fourth-order valence-electron chi connectivity index (χ4n) is 5.04. The lowest BCUT2D eigenvalue weighted by Crippen LogP contribution is -2.29. The third-order valence-electron chi connectivity index (χ3n) is 7.23. The largest absolute Gasteiger partial charge is 0.486 e. The van der Waals surface area contributed by atoms with Crippen LogP contribution in [0.15, 0.2) is 65.7 Å². The molecule has 1 atom stereocenters. The molecule has 10 nitrogen and oxygen atoms in total.